The smallest absolute Gasteiger partial charge is 0.240 e. The molecule has 1 atom stereocenters. The molecule has 0 radical (unpaired) electrons. The Hall–Kier alpha value is -3.04. The van der Waals surface area contributed by atoms with Crippen molar-refractivity contribution >= 4 is 39.9 Å². The van der Waals surface area contributed by atoms with Crippen LogP contribution in [0.2, 0.25) is 0 Å². The number of aromatic nitrogens is 2. The molecule has 1 aliphatic heterocycles. The van der Waals surface area contributed by atoms with Crippen LogP contribution in [0.25, 0.3) is 10.9 Å². The summed E-state index contributed by atoms with van der Waals surface area (Å²) in [6, 6.07) is 9.24. The first-order valence-electron chi connectivity index (χ1n) is 11.2. The van der Waals surface area contributed by atoms with Crippen molar-refractivity contribution in [3.63, 3.8) is 0 Å². The van der Waals surface area contributed by atoms with E-state index in [9.17, 15) is 9.59 Å². The second kappa shape index (κ2) is 10.3. The van der Waals surface area contributed by atoms with Gasteiger partial charge in [0.15, 0.2) is 0 Å². The summed E-state index contributed by atoms with van der Waals surface area (Å²) in [5.41, 5.74) is 7.51. The molecule has 0 aliphatic carbocycles. The van der Waals surface area contributed by atoms with E-state index in [4.69, 9.17) is 15.7 Å². The first-order valence-corrected chi connectivity index (χ1v) is 12.2. The van der Waals surface area contributed by atoms with Gasteiger partial charge >= 0.3 is 0 Å². The first-order chi connectivity index (χ1) is 15.9. The maximum absolute atomic E-state index is 12.6. The number of piperazine rings is 1. The number of anilines is 1. The minimum atomic E-state index is -0.519. The maximum atomic E-state index is 12.6. The number of para-hydroxylation sites is 1. The summed E-state index contributed by atoms with van der Waals surface area (Å²) < 4.78 is 0. The van der Waals surface area contributed by atoms with E-state index >= 15 is 0 Å². The topological polar surface area (TPSA) is 104 Å². The van der Waals surface area contributed by atoms with E-state index in [1.165, 1.54) is 0 Å². The summed E-state index contributed by atoms with van der Waals surface area (Å²) in [4.78, 5) is 38.2. The monoisotopic (exact) mass is 466 g/mol. The van der Waals surface area contributed by atoms with Crippen LogP contribution in [-0.4, -0.2) is 63.8 Å². The Morgan fingerprint density at radius 2 is 1.88 bits per heavy atom. The summed E-state index contributed by atoms with van der Waals surface area (Å²) in [7, 11) is 0. The average Bonchev–Trinajstić information content (AvgIpc) is 3.30. The molecule has 1 aliphatic rings. The molecule has 3 N–H and O–H groups in total. The third-order valence-corrected chi connectivity index (χ3v) is 6.67. The zero-order chi connectivity index (χ0) is 23.4. The van der Waals surface area contributed by atoms with Crippen LogP contribution in [0, 0.1) is 5.92 Å². The number of rotatable bonds is 8. The summed E-state index contributed by atoms with van der Waals surface area (Å²) in [5.74, 6) is 1.10. The average molecular weight is 467 g/mol. The van der Waals surface area contributed by atoms with Gasteiger partial charge in [0, 0.05) is 31.6 Å². The van der Waals surface area contributed by atoms with Crippen LogP contribution in [-0.2, 0) is 22.6 Å². The van der Waals surface area contributed by atoms with E-state index in [1.54, 1.807) is 11.3 Å². The van der Waals surface area contributed by atoms with E-state index in [1.807, 2.05) is 59.8 Å². The molecule has 174 valence electrons. The summed E-state index contributed by atoms with van der Waals surface area (Å²) in [6.07, 6.45) is 0.462. The molecular weight excluding hydrogens is 436 g/mol. The van der Waals surface area contributed by atoms with Gasteiger partial charge in [-0.15, -0.1) is 0 Å². The number of hydrogen-bond donors (Lipinski definition) is 2. The largest absolute Gasteiger partial charge is 0.368 e. The van der Waals surface area contributed by atoms with Crippen LogP contribution in [0.15, 0.2) is 41.1 Å². The van der Waals surface area contributed by atoms with E-state index in [-0.39, 0.29) is 11.8 Å². The highest BCUT2D eigenvalue weighted by molar-refractivity contribution is 7.08. The Morgan fingerprint density at radius 1 is 1.12 bits per heavy atom. The Balaban J connectivity index is 1.44. The minimum Gasteiger partial charge on any atom is -0.368 e. The minimum absolute atomic E-state index is 0.0272. The second-order valence-corrected chi connectivity index (χ2v) is 9.52. The van der Waals surface area contributed by atoms with Crippen molar-refractivity contribution in [3.8, 4) is 0 Å². The first kappa shape index (κ1) is 23.1. The number of nitrogens with one attached hydrogen (secondary N) is 1. The van der Waals surface area contributed by atoms with E-state index in [0.717, 1.165) is 29.6 Å². The zero-order valence-corrected chi connectivity index (χ0v) is 19.8. The number of carbonyl (C=O) groups is 2. The number of benzene rings is 1. The van der Waals surface area contributed by atoms with Gasteiger partial charge < -0.3 is 16.0 Å². The number of amides is 2. The van der Waals surface area contributed by atoms with E-state index < -0.39 is 11.9 Å². The van der Waals surface area contributed by atoms with Gasteiger partial charge in [0.1, 0.15) is 17.7 Å². The molecule has 8 nitrogen and oxygen atoms in total. The fourth-order valence-electron chi connectivity index (χ4n) is 4.05. The van der Waals surface area contributed by atoms with Crippen molar-refractivity contribution in [3.05, 3.63) is 52.5 Å². The molecule has 1 aromatic carbocycles. The summed E-state index contributed by atoms with van der Waals surface area (Å²) in [6.45, 7) is 7.40. The van der Waals surface area contributed by atoms with Gasteiger partial charge in [-0.25, -0.2) is 9.97 Å². The Bertz CT molecular complexity index is 1110. The summed E-state index contributed by atoms with van der Waals surface area (Å²) in [5, 5.41) is 8.13. The zero-order valence-electron chi connectivity index (χ0n) is 19.0. The van der Waals surface area contributed by atoms with E-state index in [0.29, 0.717) is 37.7 Å². The number of nitrogens with zero attached hydrogens (tertiary/aromatic N) is 4. The highest BCUT2D eigenvalue weighted by Crippen LogP contribution is 2.23. The van der Waals surface area contributed by atoms with Gasteiger partial charge in [-0.05, 0) is 40.4 Å². The predicted octanol–water partition coefficient (Wildman–Crippen LogP) is 2.50. The fraction of sp³-hybridized carbons (Fsp3) is 0.417. The SMILES string of the molecule is CC(C)[C@H](Nc1nc(CN2CCN(C(=O)Cc3ccsc3)CC2)nc2ccccc12)C(N)=O. The molecule has 2 amide bonds. The highest BCUT2D eigenvalue weighted by atomic mass is 32.1. The quantitative estimate of drug-likeness (QED) is 0.529. The Labute approximate surface area is 197 Å². The highest BCUT2D eigenvalue weighted by Gasteiger charge is 2.24. The van der Waals surface area contributed by atoms with Crippen molar-refractivity contribution < 1.29 is 9.59 Å². The van der Waals surface area contributed by atoms with Crippen molar-refractivity contribution in [2.24, 2.45) is 11.7 Å². The van der Waals surface area contributed by atoms with Crippen LogP contribution in [0.3, 0.4) is 0 Å². The molecule has 1 fully saturated rings. The summed E-state index contributed by atoms with van der Waals surface area (Å²) >= 11 is 1.61. The molecule has 0 unspecified atom stereocenters. The molecule has 3 aromatic rings. The van der Waals surface area contributed by atoms with E-state index in [2.05, 4.69) is 10.2 Å². The van der Waals surface area contributed by atoms with Crippen molar-refractivity contribution in [2.45, 2.75) is 32.9 Å². The third-order valence-electron chi connectivity index (χ3n) is 5.94. The van der Waals surface area contributed by atoms with Crippen LogP contribution < -0.4 is 11.1 Å². The normalized spacial score (nSPS) is 15.7. The van der Waals surface area contributed by atoms with Crippen LogP contribution >= 0.6 is 11.3 Å². The van der Waals surface area contributed by atoms with Gasteiger partial charge in [0.05, 0.1) is 18.5 Å². The number of thiophene rings is 1. The number of nitrogens with two attached hydrogens (primary N) is 1. The molecular formula is C24H30N6O2S. The van der Waals surface area contributed by atoms with Crippen molar-refractivity contribution in [1.29, 1.82) is 0 Å². The van der Waals surface area contributed by atoms with Crippen LogP contribution in [0.5, 0.6) is 0 Å². The number of carbonyl (C=O) groups excluding carboxylic acids is 2. The van der Waals surface area contributed by atoms with Crippen LogP contribution in [0.4, 0.5) is 5.82 Å². The Morgan fingerprint density at radius 3 is 2.55 bits per heavy atom. The lowest BCUT2D eigenvalue weighted by Crippen LogP contribution is -2.48. The number of primary amides is 1. The molecule has 0 saturated carbocycles. The predicted molar refractivity (Wildman–Crippen MR) is 131 cm³/mol. The van der Waals surface area contributed by atoms with Gasteiger partial charge in [0.2, 0.25) is 11.8 Å². The van der Waals surface area contributed by atoms with Crippen molar-refractivity contribution in [2.75, 3.05) is 31.5 Å². The molecule has 3 heterocycles. The van der Waals surface area contributed by atoms with Crippen LogP contribution in [0.1, 0.15) is 25.2 Å². The molecule has 4 rings (SSSR count). The van der Waals surface area contributed by atoms with Gasteiger partial charge in [-0.3, -0.25) is 14.5 Å². The lowest BCUT2D eigenvalue weighted by molar-refractivity contribution is -0.132. The third kappa shape index (κ3) is 5.66. The number of fused-ring (bicyclic) bond motifs is 1. The Kier molecular flexibility index (Phi) is 7.20. The second-order valence-electron chi connectivity index (χ2n) is 8.74. The lowest BCUT2D eigenvalue weighted by Gasteiger charge is -2.34. The molecule has 2 aromatic heterocycles. The molecule has 9 heteroatoms. The fourth-order valence-corrected chi connectivity index (χ4v) is 4.72. The van der Waals surface area contributed by atoms with Gasteiger partial charge in [-0.1, -0.05) is 26.0 Å². The standard InChI is InChI=1S/C24H30N6O2S/c1-16(2)22(23(25)32)28-24-18-5-3-4-6-19(18)26-20(27-24)14-29-8-10-30(11-9-29)21(31)13-17-7-12-33-15-17/h3-7,12,15-16,22H,8-11,13-14H2,1-2H3,(H2,25,32)(H,26,27,28)/t22-/m0/s1. The number of hydrogen-bond acceptors (Lipinski definition) is 7. The molecule has 0 bridgehead atoms. The van der Waals surface area contributed by atoms with Gasteiger partial charge in [0.25, 0.3) is 0 Å². The van der Waals surface area contributed by atoms with Gasteiger partial charge in [-0.2, -0.15) is 11.3 Å². The lowest BCUT2D eigenvalue weighted by atomic mass is 10.0. The molecule has 1 saturated heterocycles. The maximum Gasteiger partial charge on any atom is 0.240 e. The van der Waals surface area contributed by atoms with Crippen molar-refractivity contribution in [1.82, 2.24) is 19.8 Å². The molecule has 0 spiro atoms. The molecule has 33 heavy (non-hydrogen) atoms.